The summed E-state index contributed by atoms with van der Waals surface area (Å²) in [6.07, 6.45) is 2.79. The number of aliphatic hydroxyl groups is 1. The zero-order chi connectivity index (χ0) is 23.1. The maximum absolute atomic E-state index is 13.5. The monoisotopic (exact) mass is 467 g/mol. The minimum Gasteiger partial charge on any atom is -0.497 e. The van der Waals surface area contributed by atoms with Crippen LogP contribution in [-0.4, -0.2) is 48.3 Å². The Kier molecular flexibility index (Phi) is 5.76. The Labute approximate surface area is 197 Å². The van der Waals surface area contributed by atoms with Crippen molar-refractivity contribution in [3.05, 3.63) is 62.9 Å². The van der Waals surface area contributed by atoms with Gasteiger partial charge in [-0.25, -0.2) is 0 Å². The quantitative estimate of drug-likeness (QED) is 0.617. The Morgan fingerprint density at radius 3 is 2.45 bits per heavy atom. The molecule has 2 heterocycles. The third kappa shape index (κ3) is 3.96. The van der Waals surface area contributed by atoms with Gasteiger partial charge in [0.05, 0.1) is 36.7 Å². The minimum atomic E-state index is -0.348. The number of hydrogen-bond acceptors (Lipinski definition) is 6. The van der Waals surface area contributed by atoms with Crippen LogP contribution in [0.3, 0.4) is 0 Å². The van der Waals surface area contributed by atoms with Crippen molar-refractivity contribution in [2.75, 3.05) is 32.2 Å². The number of hydrogen-bond donors (Lipinski definition) is 1. The van der Waals surface area contributed by atoms with Crippen LogP contribution in [0, 0.1) is 0 Å². The van der Waals surface area contributed by atoms with Gasteiger partial charge in [-0.2, -0.15) is 9.78 Å². The summed E-state index contributed by atoms with van der Waals surface area (Å²) in [5.41, 5.74) is 4.62. The van der Waals surface area contributed by atoms with Gasteiger partial charge < -0.3 is 19.5 Å². The predicted molar refractivity (Wildman–Crippen MR) is 128 cm³/mol. The van der Waals surface area contributed by atoms with Crippen LogP contribution in [0.2, 0.25) is 5.02 Å². The molecule has 33 heavy (non-hydrogen) atoms. The number of ether oxygens (including phenoxy) is 2. The largest absolute Gasteiger partial charge is 0.497 e. The average molecular weight is 468 g/mol. The maximum Gasteiger partial charge on any atom is 0.275 e. The third-order valence-corrected chi connectivity index (χ3v) is 6.79. The Bertz CT molecular complexity index is 1250. The lowest BCUT2D eigenvalue weighted by atomic mass is 10.0. The summed E-state index contributed by atoms with van der Waals surface area (Å²) >= 11 is 6.58. The predicted octanol–water partition coefficient (Wildman–Crippen LogP) is 3.63. The Morgan fingerprint density at radius 2 is 1.79 bits per heavy atom. The molecule has 8 heteroatoms. The summed E-state index contributed by atoms with van der Waals surface area (Å²) in [5.74, 6) is 1.31. The fraction of sp³-hybridized carbons (Fsp3) is 0.360. The van der Waals surface area contributed by atoms with Crippen LogP contribution < -0.4 is 19.9 Å². The molecule has 2 aliphatic rings. The SMILES string of the molecule is COc1cc(OC)cc(-c2nn(-c3cc(N4CC[C@H](O)C4)ccc3Cl)c(=O)c3c2CCC3)c1. The summed E-state index contributed by atoms with van der Waals surface area (Å²) in [5, 5.41) is 15.2. The van der Waals surface area contributed by atoms with E-state index >= 15 is 0 Å². The molecular weight excluding hydrogens is 442 g/mol. The highest BCUT2D eigenvalue weighted by Gasteiger charge is 2.26. The van der Waals surface area contributed by atoms with Gasteiger partial charge >= 0.3 is 0 Å². The van der Waals surface area contributed by atoms with Crippen LogP contribution in [0.1, 0.15) is 24.0 Å². The summed E-state index contributed by atoms with van der Waals surface area (Å²) in [6, 6.07) is 11.2. The molecule has 3 aromatic rings. The highest BCUT2D eigenvalue weighted by atomic mass is 35.5. The number of rotatable bonds is 5. The van der Waals surface area contributed by atoms with Gasteiger partial charge in [-0.3, -0.25) is 4.79 Å². The van der Waals surface area contributed by atoms with Crippen LogP contribution in [0.25, 0.3) is 16.9 Å². The molecule has 1 fully saturated rings. The Balaban J connectivity index is 1.69. The number of nitrogens with zero attached hydrogens (tertiary/aromatic N) is 3. The van der Waals surface area contributed by atoms with E-state index in [1.165, 1.54) is 4.68 Å². The van der Waals surface area contributed by atoms with Gasteiger partial charge in [0, 0.05) is 36.0 Å². The first-order chi connectivity index (χ1) is 16.0. The van der Waals surface area contributed by atoms with Crippen molar-refractivity contribution in [3.8, 4) is 28.4 Å². The number of aromatic nitrogens is 2. The first-order valence-corrected chi connectivity index (χ1v) is 11.5. The molecule has 5 rings (SSSR count). The average Bonchev–Trinajstić information content (AvgIpc) is 3.49. The molecule has 1 N–H and O–H groups in total. The lowest BCUT2D eigenvalue weighted by molar-refractivity contribution is 0.198. The van der Waals surface area contributed by atoms with Crippen molar-refractivity contribution < 1.29 is 14.6 Å². The standard InChI is InChI=1S/C25H26ClN3O4/c1-32-18-10-15(11-19(13-18)33-2)24-20-4-3-5-21(20)25(31)29(27-24)23-12-16(6-7-22(23)26)28-9-8-17(30)14-28/h6-7,10-13,17,30H,3-5,8-9,14H2,1-2H3/t17-/m0/s1. The van der Waals surface area contributed by atoms with Gasteiger partial charge in [-0.15, -0.1) is 0 Å². The van der Waals surface area contributed by atoms with Crippen LogP contribution in [0.4, 0.5) is 5.69 Å². The van der Waals surface area contributed by atoms with E-state index < -0.39 is 0 Å². The van der Waals surface area contributed by atoms with Crippen LogP contribution in [-0.2, 0) is 12.8 Å². The number of β-amino-alcohol motifs (C(OH)–C–C–N with tert-alkyl or cyclic N) is 1. The number of anilines is 1. The molecular formula is C25H26ClN3O4. The molecule has 1 saturated heterocycles. The molecule has 0 bridgehead atoms. The van der Waals surface area contributed by atoms with Crippen molar-refractivity contribution in [1.29, 1.82) is 0 Å². The van der Waals surface area contributed by atoms with Crippen LogP contribution in [0.15, 0.2) is 41.2 Å². The van der Waals surface area contributed by atoms with E-state index in [0.29, 0.717) is 35.2 Å². The lowest BCUT2D eigenvalue weighted by Gasteiger charge is -2.20. The number of benzene rings is 2. The van der Waals surface area contributed by atoms with Gasteiger partial charge in [0.2, 0.25) is 0 Å². The van der Waals surface area contributed by atoms with Gasteiger partial charge in [-0.05, 0) is 61.6 Å². The Hall–Kier alpha value is -3.03. The van der Waals surface area contributed by atoms with Crippen molar-refractivity contribution in [2.24, 2.45) is 0 Å². The highest BCUT2D eigenvalue weighted by Crippen LogP contribution is 2.35. The van der Waals surface area contributed by atoms with Gasteiger partial charge in [-0.1, -0.05) is 11.6 Å². The number of aliphatic hydroxyl groups excluding tert-OH is 1. The third-order valence-electron chi connectivity index (χ3n) is 6.47. The fourth-order valence-corrected chi connectivity index (χ4v) is 4.95. The van der Waals surface area contributed by atoms with Gasteiger partial charge in [0.15, 0.2) is 0 Å². The summed E-state index contributed by atoms with van der Waals surface area (Å²) in [4.78, 5) is 15.6. The van der Waals surface area contributed by atoms with E-state index in [4.69, 9.17) is 26.2 Å². The van der Waals surface area contributed by atoms with E-state index in [2.05, 4.69) is 4.90 Å². The zero-order valence-electron chi connectivity index (χ0n) is 18.7. The molecule has 0 amide bonds. The molecule has 1 aliphatic heterocycles. The maximum atomic E-state index is 13.5. The summed E-state index contributed by atoms with van der Waals surface area (Å²) < 4.78 is 12.3. The first-order valence-electron chi connectivity index (χ1n) is 11.1. The molecule has 0 radical (unpaired) electrons. The highest BCUT2D eigenvalue weighted by molar-refractivity contribution is 6.32. The molecule has 1 aromatic heterocycles. The second kappa shape index (κ2) is 8.72. The molecule has 172 valence electrons. The molecule has 0 spiro atoms. The molecule has 1 aliphatic carbocycles. The van der Waals surface area contributed by atoms with Crippen molar-refractivity contribution in [2.45, 2.75) is 31.8 Å². The molecule has 0 unspecified atom stereocenters. The molecule has 7 nitrogen and oxygen atoms in total. The van der Waals surface area contributed by atoms with E-state index in [1.54, 1.807) is 20.3 Å². The fourth-order valence-electron chi connectivity index (χ4n) is 4.75. The number of halogens is 1. The van der Waals surface area contributed by atoms with Crippen molar-refractivity contribution in [3.63, 3.8) is 0 Å². The smallest absolute Gasteiger partial charge is 0.275 e. The Morgan fingerprint density at radius 1 is 1.06 bits per heavy atom. The molecule has 1 atom stereocenters. The normalized spacial score (nSPS) is 17.3. The van der Waals surface area contributed by atoms with Crippen molar-refractivity contribution >= 4 is 17.3 Å². The minimum absolute atomic E-state index is 0.137. The van der Waals surface area contributed by atoms with Crippen molar-refractivity contribution in [1.82, 2.24) is 9.78 Å². The van der Waals surface area contributed by atoms with Crippen LogP contribution in [0.5, 0.6) is 11.5 Å². The first kappa shape index (κ1) is 21.8. The van der Waals surface area contributed by atoms with Gasteiger partial charge in [0.1, 0.15) is 11.5 Å². The summed E-state index contributed by atoms with van der Waals surface area (Å²) in [6.45, 7) is 1.31. The van der Waals surface area contributed by atoms with Gasteiger partial charge in [0.25, 0.3) is 5.56 Å². The topological polar surface area (TPSA) is 76.8 Å². The van der Waals surface area contributed by atoms with E-state index in [0.717, 1.165) is 53.9 Å². The number of methoxy groups -OCH3 is 2. The lowest BCUT2D eigenvalue weighted by Crippen LogP contribution is -2.27. The molecule has 0 saturated carbocycles. The van der Waals surface area contributed by atoms with E-state index in [9.17, 15) is 9.90 Å². The van der Waals surface area contributed by atoms with Crippen LogP contribution >= 0.6 is 11.6 Å². The molecule has 2 aromatic carbocycles. The summed E-state index contributed by atoms with van der Waals surface area (Å²) in [7, 11) is 3.22. The number of fused-ring (bicyclic) bond motifs is 1. The zero-order valence-corrected chi connectivity index (χ0v) is 19.4. The second-order valence-corrected chi connectivity index (χ2v) is 8.91. The van der Waals surface area contributed by atoms with E-state index in [-0.39, 0.29) is 11.7 Å². The second-order valence-electron chi connectivity index (χ2n) is 8.50. The van der Waals surface area contributed by atoms with E-state index in [1.807, 2.05) is 30.3 Å².